The Morgan fingerprint density at radius 3 is 3.04 bits per heavy atom. The molecule has 1 unspecified atom stereocenters. The van der Waals surface area contributed by atoms with Gasteiger partial charge in [0, 0.05) is 18.4 Å². The molecule has 1 aliphatic heterocycles. The zero-order valence-corrected chi connectivity index (χ0v) is 14.8. The van der Waals surface area contributed by atoms with Crippen molar-refractivity contribution in [2.75, 3.05) is 19.6 Å². The molecule has 0 bridgehead atoms. The lowest BCUT2D eigenvalue weighted by atomic mass is 10.0. The number of carbonyl (C=O) groups is 1. The molecule has 1 aliphatic rings. The molecule has 1 aromatic carbocycles. The SMILES string of the molecule is C[C@H]1CCCC[NH+]1CCCNC(=O)Cn1ncc(=O)c2ccccc21. The third-order valence-corrected chi connectivity index (χ3v) is 5.13. The Bertz CT molecular complexity index is 786. The van der Waals surface area contributed by atoms with E-state index in [-0.39, 0.29) is 17.9 Å². The van der Waals surface area contributed by atoms with Crippen LogP contribution in [0, 0.1) is 0 Å². The Morgan fingerprint density at radius 2 is 2.20 bits per heavy atom. The van der Waals surface area contributed by atoms with Crippen LogP contribution in [0.1, 0.15) is 32.6 Å². The van der Waals surface area contributed by atoms with E-state index < -0.39 is 0 Å². The number of likely N-dealkylation sites (tertiary alicyclic amines) is 1. The first-order valence-electron chi connectivity index (χ1n) is 9.21. The van der Waals surface area contributed by atoms with Crippen LogP contribution >= 0.6 is 0 Å². The first kappa shape index (κ1) is 17.6. The number of fused-ring (bicyclic) bond motifs is 1. The highest BCUT2D eigenvalue weighted by Crippen LogP contribution is 2.07. The Morgan fingerprint density at radius 1 is 1.36 bits per heavy atom. The van der Waals surface area contributed by atoms with E-state index >= 15 is 0 Å². The smallest absolute Gasteiger partial charge is 0.241 e. The molecule has 6 nitrogen and oxygen atoms in total. The molecular formula is C19H27N4O2+. The van der Waals surface area contributed by atoms with Gasteiger partial charge in [0.05, 0.1) is 30.8 Å². The van der Waals surface area contributed by atoms with Crippen molar-refractivity contribution in [2.24, 2.45) is 0 Å². The van der Waals surface area contributed by atoms with Gasteiger partial charge in [-0.05, 0) is 38.3 Å². The Labute approximate surface area is 147 Å². The normalized spacial score (nSPS) is 20.5. The topological polar surface area (TPSA) is 68.4 Å². The van der Waals surface area contributed by atoms with Gasteiger partial charge in [0.15, 0.2) is 0 Å². The Kier molecular flexibility index (Phi) is 5.81. The second-order valence-corrected chi connectivity index (χ2v) is 6.94. The molecule has 1 aromatic heterocycles. The van der Waals surface area contributed by atoms with Crippen LogP contribution in [0.25, 0.3) is 10.9 Å². The van der Waals surface area contributed by atoms with Gasteiger partial charge in [-0.25, -0.2) is 0 Å². The van der Waals surface area contributed by atoms with Gasteiger partial charge in [-0.3, -0.25) is 14.3 Å². The summed E-state index contributed by atoms with van der Waals surface area (Å²) in [4.78, 5) is 25.7. The minimum Gasteiger partial charge on any atom is -0.354 e. The number of rotatable bonds is 6. The number of aromatic nitrogens is 2. The lowest BCUT2D eigenvalue weighted by Crippen LogP contribution is -3.16. The number of nitrogens with one attached hydrogen (secondary N) is 2. The number of piperidine rings is 1. The number of para-hydroxylation sites is 1. The van der Waals surface area contributed by atoms with E-state index in [1.165, 1.54) is 32.0 Å². The summed E-state index contributed by atoms with van der Waals surface area (Å²) in [7, 11) is 0. The maximum Gasteiger partial charge on any atom is 0.241 e. The molecular weight excluding hydrogens is 316 g/mol. The van der Waals surface area contributed by atoms with Crippen LogP contribution in [0.15, 0.2) is 35.3 Å². The van der Waals surface area contributed by atoms with Crippen LogP contribution in [-0.4, -0.2) is 41.4 Å². The van der Waals surface area contributed by atoms with Crippen molar-refractivity contribution in [2.45, 2.75) is 45.2 Å². The van der Waals surface area contributed by atoms with E-state index in [4.69, 9.17) is 0 Å². The van der Waals surface area contributed by atoms with E-state index in [9.17, 15) is 9.59 Å². The van der Waals surface area contributed by atoms with E-state index in [0.29, 0.717) is 17.4 Å². The van der Waals surface area contributed by atoms with Crippen molar-refractivity contribution in [3.8, 4) is 0 Å². The second-order valence-electron chi connectivity index (χ2n) is 6.94. The fourth-order valence-electron chi connectivity index (χ4n) is 3.65. The van der Waals surface area contributed by atoms with Crippen molar-refractivity contribution in [3.05, 3.63) is 40.7 Å². The van der Waals surface area contributed by atoms with Crippen LogP contribution in [0.5, 0.6) is 0 Å². The molecule has 6 heteroatoms. The van der Waals surface area contributed by atoms with Crippen LogP contribution in [0.4, 0.5) is 0 Å². The van der Waals surface area contributed by atoms with Crippen molar-refractivity contribution < 1.29 is 9.69 Å². The molecule has 0 spiro atoms. The molecule has 1 amide bonds. The maximum absolute atomic E-state index is 12.2. The summed E-state index contributed by atoms with van der Waals surface area (Å²) >= 11 is 0. The second kappa shape index (κ2) is 8.25. The number of hydrogen-bond donors (Lipinski definition) is 2. The predicted molar refractivity (Wildman–Crippen MR) is 97.6 cm³/mol. The average Bonchev–Trinajstić information content (AvgIpc) is 2.63. The van der Waals surface area contributed by atoms with Gasteiger partial charge in [-0.1, -0.05) is 12.1 Å². The largest absolute Gasteiger partial charge is 0.354 e. The Balaban J connectivity index is 1.50. The number of hydrogen-bond acceptors (Lipinski definition) is 3. The van der Waals surface area contributed by atoms with Gasteiger partial charge in [-0.2, -0.15) is 5.10 Å². The molecule has 2 heterocycles. The lowest BCUT2D eigenvalue weighted by Gasteiger charge is -2.30. The molecule has 1 saturated heterocycles. The van der Waals surface area contributed by atoms with Gasteiger partial charge in [-0.15, -0.1) is 0 Å². The van der Waals surface area contributed by atoms with Crippen molar-refractivity contribution >= 4 is 16.8 Å². The highest BCUT2D eigenvalue weighted by atomic mass is 16.2. The molecule has 2 aromatic rings. The number of amides is 1. The summed E-state index contributed by atoms with van der Waals surface area (Å²) in [5.41, 5.74) is 0.572. The van der Waals surface area contributed by atoms with Gasteiger partial charge in [0.2, 0.25) is 11.3 Å². The van der Waals surface area contributed by atoms with Crippen molar-refractivity contribution in [1.29, 1.82) is 0 Å². The molecule has 0 aliphatic carbocycles. The molecule has 1 fully saturated rings. The summed E-state index contributed by atoms with van der Waals surface area (Å²) < 4.78 is 1.59. The highest BCUT2D eigenvalue weighted by molar-refractivity contribution is 5.81. The fraction of sp³-hybridized carbons (Fsp3) is 0.526. The summed E-state index contributed by atoms with van der Waals surface area (Å²) in [6.07, 6.45) is 6.24. The summed E-state index contributed by atoms with van der Waals surface area (Å²) in [6.45, 7) is 5.50. The number of quaternary nitrogens is 1. The number of benzene rings is 1. The summed E-state index contributed by atoms with van der Waals surface area (Å²) in [5, 5.41) is 7.66. The fourth-order valence-corrected chi connectivity index (χ4v) is 3.65. The summed E-state index contributed by atoms with van der Waals surface area (Å²) in [6, 6.07) is 7.98. The zero-order valence-electron chi connectivity index (χ0n) is 14.8. The van der Waals surface area contributed by atoms with Gasteiger partial charge >= 0.3 is 0 Å². The third kappa shape index (κ3) is 4.45. The minimum atomic E-state index is -0.120. The molecule has 0 radical (unpaired) electrons. The van der Waals surface area contributed by atoms with Crippen LogP contribution in [-0.2, 0) is 11.3 Å². The molecule has 134 valence electrons. The monoisotopic (exact) mass is 343 g/mol. The predicted octanol–water partition coefficient (Wildman–Crippen LogP) is 0.360. The van der Waals surface area contributed by atoms with Crippen molar-refractivity contribution in [1.82, 2.24) is 15.1 Å². The molecule has 2 atom stereocenters. The quantitative estimate of drug-likeness (QED) is 0.744. The molecule has 3 rings (SSSR count). The summed E-state index contributed by atoms with van der Waals surface area (Å²) in [5.74, 6) is -0.0667. The van der Waals surface area contributed by atoms with Gasteiger partial charge in [0.25, 0.3) is 0 Å². The zero-order chi connectivity index (χ0) is 17.6. The van der Waals surface area contributed by atoms with E-state index in [2.05, 4.69) is 17.3 Å². The van der Waals surface area contributed by atoms with Crippen LogP contribution < -0.4 is 15.6 Å². The van der Waals surface area contributed by atoms with Crippen molar-refractivity contribution in [3.63, 3.8) is 0 Å². The van der Waals surface area contributed by atoms with Gasteiger partial charge < -0.3 is 10.2 Å². The number of nitrogens with zero attached hydrogens (tertiary/aromatic N) is 2. The minimum absolute atomic E-state index is 0.0667. The molecule has 2 N–H and O–H groups in total. The molecule has 25 heavy (non-hydrogen) atoms. The average molecular weight is 343 g/mol. The van der Waals surface area contributed by atoms with Gasteiger partial charge in [0.1, 0.15) is 6.54 Å². The highest BCUT2D eigenvalue weighted by Gasteiger charge is 2.20. The van der Waals surface area contributed by atoms with E-state index in [1.807, 2.05) is 18.2 Å². The Hall–Kier alpha value is -2.21. The lowest BCUT2D eigenvalue weighted by molar-refractivity contribution is -0.928. The first-order chi connectivity index (χ1) is 12.1. The third-order valence-electron chi connectivity index (χ3n) is 5.13. The molecule has 0 saturated carbocycles. The number of carbonyl (C=O) groups excluding carboxylic acids is 1. The van der Waals surface area contributed by atoms with E-state index in [1.54, 1.807) is 15.6 Å². The van der Waals surface area contributed by atoms with Crippen LogP contribution in [0.2, 0.25) is 0 Å². The van der Waals surface area contributed by atoms with Crippen LogP contribution in [0.3, 0.4) is 0 Å². The first-order valence-corrected chi connectivity index (χ1v) is 9.21. The van der Waals surface area contributed by atoms with E-state index in [0.717, 1.165) is 19.0 Å². The standard InChI is InChI=1S/C19H26N4O2/c1-15-7-4-5-11-22(15)12-6-10-20-19(25)14-23-17-9-3-2-8-16(17)18(24)13-21-23/h2-3,8-9,13,15H,4-7,10-12,14H2,1H3,(H,20,25)/p+1/t15-/m0/s1. The maximum atomic E-state index is 12.2.